The molecule has 2 fully saturated rings. The van der Waals surface area contributed by atoms with Crippen LogP contribution in [0, 0.1) is 11.8 Å². The van der Waals surface area contributed by atoms with E-state index in [2.05, 4.69) is 11.7 Å². The molecule has 0 N–H and O–H groups in total. The molecule has 0 saturated carbocycles. The topological polar surface area (TPSA) is 49.9 Å². The molecular weight excluding hydrogens is 287 g/mol. The van der Waals surface area contributed by atoms with Gasteiger partial charge in [0.05, 0.1) is 13.0 Å². The molecule has 2 rings (SSSR count). The zero-order chi connectivity index (χ0) is 16.1. The van der Waals surface area contributed by atoms with Crippen LogP contribution in [0.25, 0.3) is 0 Å². The summed E-state index contributed by atoms with van der Waals surface area (Å²) < 4.78 is 18.1. The number of alkyl halides is 1. The van der Waals surface area contributed by atoms with Gasteiger partial charge in [0.2, 0.25) is 12.1 Å². The van der Waals surface area contributed by atoms with Gasteiger partial charge in [-0.1, -0.05) is 6.92 Å². The zero-order valence-corrected chi connectivity index (χ0v) is 13.6. The van der Waals surface area contributed by atoms with Gasteiger partial charge in [0, 0.05) is 26.2 Å². The summed E-state index contributed by atoms with van der Waals surface area (Å²) in [5.74, 6) is -0.00481. The van der Waals surface area contributed by atoms with Gasteiger partial charge >= 0.3 is 5.97 Å². The van der Waals surface area contributed by atoms with Crippen LogP contribution in [-0.2, 0) is 14.3 Å². The highest BCUT2D eigenvalue weighted by atomic mass is 19.1. The first-order valence-electron chi connectivity index (χ1n) is 8.24. The minimum atomic E-state index is -1.63. The number of ether oxygens (including phenoxy) is 1. The standard InChI is InChI=1S/C16H27FN2O3/c1-12-5-8-19(9-6-12)15(20)13-4-3-7-18(10-13)11-14(17)16(21)22-2/h12-14H,3-11H2,1-2H3/t13-,14+/m1/s1. The van der Waals surface area contributed by atoms with Crippen LogP contribution in [-0.4, -0.2) is 67.7 Å². The second kappa shape index (κ2) is 7.90. The van der Waals surface area contributed by atoms with Crippen LogP contribution in [0.5, 0.6) is 0 Å². The Bertz CT molecular complexity index is 397. The van der Waals surface area contributed by atoms with Gasteiger partial charge in [-0.25, -0.2) is 9.18 Å². The molecule has 2 atom stereocenters. The number of halogens is 1. The lowest BCUT2D eigenvalue weighted by atomic mass is 9.93. The second-order valence-electron chi connectivity index (χ2n) is 6.60. The maximum atomic E-state index is 13.7. The van der Waals surface area contributed by atoms with E-state index in [0.29, 0.717) is 12.5 Å². The van der Waals surface area contributed by atoms with E-state index in [1.165, 1.54) is 7.11 Å². The molecule has 0 aromatic rings. The van der Waals surface area contributed by atoms with Crippen molar-refractivity contribution in [3.8, 4) is 0 Å². The van der Waals surface area contributed by atoms with Crippen LogP contribution in [0.15, 0.2) is 0 Å². The van der Waals surface area contributed by atoms with E-state index in [4.69, 9.17) is 0 Å². The van der Waals surface area contributed by atoms with Crippen molar-refractivity contribution in [3.05, 3.63) is 0 Å². The summed E-state index contributed by atoms with van der Waals surface area (Å²) in [7, 11) is 1.19. The van der Waals surface area contributed by atoms with Crippen molar-refractivity contribution in [2.45, 2.75) is 38.8 Å². The van der Waals surface area contributed by atoms with Crippen LogP contribution in [0.4, 0.5) is 4.39 Å². The van der Waals surface area contributed by atoms with Gasteiger partial charge in [0.25, 0.3) is 0 Å². The van der Waals surface area contributed by atoms with E-state index in [1.54, 1.807) is 0 Å². The summed E-state index contributed by atoms with van der Waals surface area (Å²) in [5, 5.41) is 0. The summed E-state index contributed by atoms with van der Waals surface area (Å²) in [6.45, 7) is 5.20. The molecule has 2 aliphatic rings. The van der Waals surface area contributed by atoms with Gasteiger partial charge in [-0.05, 0) is 38.1 Å². The Balaban J connectivity index is 1.84. The predicted molar refractivity (Wildman–Crippen MR) is 81.1 cm³/mol. The molecule has 0 bridgehead atoms. The number of esters is 1. The fourth-order valence-electron chi connectivity index (χ4n) is 3.34. The minimum Gasteiger partial charge on any atom is -0.467 e. The number of hydrogen-bond donors (Lipinski definition) is 0. The summed E-state index contributed by atoms with van der Waals surface area (Å²) in [6.07, 6.45) is 2.23. The monoisotopic (exact) mass is 314 g/mol. The first-order valence-corrected chi connectivity index (χ1v) is 8.24. The first kappa shape index (κ1) is 17.2. The van der Waals surface area contributed by atoms with E-state index in [1.807, 2.05) is 9.80 Å². The van der Waals surface area contributed by atoms with Crippen molar-refractivity contribution in [1.82, 2.24) is 9.80 Å². The van der Waals surface area contributed by atoms with Crippen molar-refractivity contribution in [2.24, 2.45) is 11.8 Å². The average molecular weight is 314 g/mol. The largest absolute Gasteiger partial charge is 0.467 e. The Labute approximate surface area is 131 Å². The van der Waals surface area contributed by atoms with Crippen LogP contribution >= 0.6 is 0 Å². The van der Waals surface area contributed by atoms with Crippen LogP contribution in [0.2, 0.25) is 0 Å². The molecule has 22 heavy (non-hydrogen) atoms. The quantitative estimate of drug-likeness (QED) is 0.737. The van der Waals surface area contributed by atoms with Gasteiger partial charge in [0.15, 0.2) is 0 Å². The fraction of sp³-hybridized carbons (Fsp3) is 0.875. The van der Waals surface area contributed by atoms with Crippen molar-refractivity contribution in [1.29, 1.82) is 0 Å². The third-order valence-electron chi connectivity index (χ3n) is 4.83. The number of carbonyl (C=O) groups excluding carboxylic acids is 2. The molecule has 0 unspecified atom stereocenters. The highest BCUT2D eigenvalue weighted by molar-refractivity contribution is 5.79. The summed E-state index contributed by atoms with van der Waals surface area (Å²) in [4.78, 5) is 27.6. The van der Waals surface area contributed by atoms with E-state index in [9.17, 15) is 14.0 Å². The minimum absolute atomic E-state index is 0.0213. The number of hydrogen-bond acceptors (Lipinski definition) is 4. The van der Waals surface area contributed by atoms with Gasteiger partial charge in [0.1, 0.15) is 0 Å². The second-order valence-corrected chi connectivity index (χ2v) is 6.60. The fourth-order valence-corrected chi connectivity index (χ4v) is 3.34. The third-order valence-corrected chi connectivity index (χ3v) is 4.83. The highest BCUT2D eigenvalue weighted by Gasteiger charge is 2.32. The lowest BCUT2D eigenvalue weighted by Crippen LogP contribution is -2.48. The average Bonchev–Trinajstić information content (AvgIpc) is 2.54. The van der Waals surface area contributed by atoms with E-state index >= 15 is 0 Å². The van der Waals surface area contributed by atoms with E-state index in [-0.39, 0.29) is 18.4 Å². The molecule has 0 aromatic heterocycles. The molecular formula is C16H27FN2O3. The number of amides is 1. The Kier molecular flexibility index (Phi) is 6.17. The molecule has 6 heteroatoms. The zero-order valence-electron chi connectivity index (χ0n) is 13.6. The van der Waals surface area contributed by atoms with Gasteiger partial charge < -0.3 is 9.64 Å². The Morgan fingerprint density at radius 2 is 1.91 bits per heavy atom. The van der Waals surface area contributed by atoms with Crippen molar-refractivity contribution in [2.75, 3.05) is 39.8 Å². The van der Waals surface area contributed by atoms with E-state index < -0.39 is 12.1 Å². The summed E-state index contributed by atoms with van der Waals surface area (Å²) in [6, 6.07) is 0. The van der Waals surface area contributed by atoms with Crippen LogP contribution < -0.4 is 0 Å². The SMILES string of the molecule is COC(=O)[C@@H](F)CN1CCC[C@@H](C(=O)N2CCC(C)CC2)C1. The van der Waals surface area contributed by atoms with E-state index in [0.717, 1.165) is 45.3 Å². The van der Waals surface area contributed by atoms with Crippen molar-refractivity contribution < 1.29 is 18.7 Å². The highest BCUT2D eigenvalue weighted by Crippen LogP contribution is 2.23. The Hall–Kier alpha value is -1.17. The Morgan fingerprint density at radius 1 is 1.23 bits per heavy atom. The van der Waals surface area contributed by atoms with Crippen LogP contribution in [0.3, 0.4) is 0 Å². The molecule has 1 amide bonds. The lowest BCUT2D eigenvalue weighted by molar-refractivity contribution is -0.147. The molecule has 0 aliphatic carbocycles. The van der Waals surface area contributed by atoms with Gasteiger partial charge in [-0.15, -0.1) is 0 Å². The Morgan fingerprint density at radius 3 is 2.55 bits per heavy atom. The molecule has 2 aliphatic heterocycles. The number of carbonyl (C=O) groups is 2. The molecule has 5 nitrogen and oxygen atoms in total. The first-order chi connectivity index (χ1) is 10.5. The number of rotatable bonds is 4. The number of likely N-dealkylation sites (tertiary alicyclic amines) is 2. The van der Waals surface area contributed by atoms with Gasteiger partial charge in [-0.3, -0.25) is 9.69 Å². The maximum absolute atomic E-state index is 13.7. The summed E-state index contributed by atoms with van der Waals surface area (Å²) >= 11 is 0. The van der Waals surface area contributed by atoms with Gasteiger partial charge in [-0.2, -0.15) is 0 Å². The molecule has 0 radical (unpaired) electrons. The molecule has 0 spiro atoms. The van der Waals surface area contributed by atoms with Crippen molar-refractivity contribution >= 4 is 11.9 Å². The third kappa shape index (κ3) is 4.41. The predicted octanol–water partition coefficient (Wildman–Crippen LogP) is 1.47. The molecule has 0 aromatic carbocycles. The molecule has 2 saturated heterocycles. The maximum Gasteiger partial charge on any atom is 0.341 e. The molecule has 2 heterocycles. The molecule has 126 valence electrons. The van der Waals surface area contributed by atoms with Crippen LogP contribution in [0.1, 0.15) is 32.6 Å². The number of nitrogens with zero attached hydrogens (tertiary/aromatic N) is 2. The van der Waals surface area contributed by atoms with Crippen molar-refractivity contribution in [3.63, 3.8) is 0 Å². The normalized spacial score (nSPS) is 25.8. The lowest BCUT2D eigenvalue weighted by Gasteiger charge is -2.37. The number of methoxy groups -OCH3 is 1. The number of piperidine rings is 2. The summed E-state index contributed by atoms with van der Waals surface area (Å²) in [5.41, 5.74) is 0. The smallest absolute Gasteiger partial charge is 0.341 e.